The lowest BCUT2D eigenvalue weighted by molar-refractivity contribution is 0.0828. The Morgan fingerprint density at radius 1 is 1.67 bits per heavy atom. The normalized spacial score (nSPS) is 35.6. The summed E-state index contributed by atoms with van der Waals surface area (Å²) in [6.45, 7) is 1.13. The lowest BCUT2D eigenvalue weighted by Crippen LogP contribution is -2.30. The Kier molecular flexibility index (Phi) is 1.94. The fraction of sp³-hybridized carbons (Fsp3) is 0.833. The summed E-state index contributed by atoms with van der Waals surface area (Å²) in [5, 5.41) is 8.49. The van der Waals surface area contributed by atoms with E-state index in [1.807, 2.05) is 6.07 Å². The van der Waals surface area contributed by atoms with Gasteiger partial charge in [-0.15, -0.1) is 11.6 Å². The van der Waals surface area contributed by atoms with Crippen molar-refractivity contribution in [1.29, 1.82) is 5.26 Å². The van der Waals surface area contributed by atoms with Crippen LogP contribution >= 0.6 is 11.6 Å². The Hall–Kier alpha value is -0.260. The Morgan fingerprint density at radius 3 is 2.78 bits per heavy atom. The molecule has 1 rings (SSSR count). The van der Waals surface area contributed by atoms with Crippen molar-refractivity contribution in [3.05, 3.63) is 0 Å². The second-order valence-corrected chi connectivity index (χ2v) is 2.96. The predicted octanol–water partition coefficient (Wildman–Crippen LogP) is 1.30. The fourth-order valence-electron chi connectivity index (χ4n) is 0.849. The zero-order valence-corrected chi connectivity index (χ0v) is 5.82. The molecule has 0 amide bonds. The van der Waals surface area contributed by atoms with Crippen molar-refractivity contribution in [3.63, 3.8) is 0 Å². The lowest BCUT2D eigenvalue weighted by Gasteiger charge is -2.23. The first-order valence-electron chi connectivity index (χ1n) is 2.95. The molecule has 0 radical (unpaired) electrons. The average Bonchev–Trinajstić information content (AvgIpc) is 1.90. The van der Waals surface area contributed by atoms with Crippen LogP contribution < -0.4 is 0 Å². The highest BCUT2D eigenvalue weighted by Crippen LogP contribution is 2.24. The minimum absolute atomic E-state index is 0.380. The Morgan fingerprint density at radius 2 is 2.44 bits per heavy atom. The third-order valence-electron chi connectivity index (χ3n) is 1.39. The molecule has 0 saturated carbocycles. The Bertz CT molecular complexity index is 134. The van der Waals surface area contributed by atoms with Gasteiger partial charge in [-0.2, -0.15) is 5.26 Å². The van der Waals surface area contributed by atoms with Gasteiger partial charge in [0.2, 0.25) is 0 Å². The quantitative estimate of drug-likeness (QED) is 0.482. The van der Waals surface area contributed by atoms with Gasteiger partial charge in [0, 0.05) is 6.61 Å². The van der Waals surface area contributed by atoms with Crippen LogP contribution in [0.25, 0.3) is 0 Å². The molecule has 1 saturated heterocycles. The van der Waals surface area contributed by atoms with Crippen molar-refractivity contribution in [2.75, 3.05) is 13.2 Å². The largest absolute Gasteiger partial charge is 0.379 e. The summed E-state index contributed by atoms with van der Waals surface area (Å²) in [5.74, 6) is 0. The van der Waals surface area contributed by atoms with E-state index in [1.165, 1.54) is 0 Å². The second-order valence-electron chi connectivity index (χ2n) is 2.23. The molecule has 1 fully saturated rings. The Balaban J connectivity index is 2.49. The molecule has 0 aromatic carbocycles. The van der Waals surface area contributed by atoms with Crippen molar-refractivity contribution in [3.8, 4) is 6.07 Å². The van der Waals surface area contributed by atoms with Crippen LogP contribution in [0.5, 0.6) is 0 Å². The minimum Gasteiger partial charge on any atom is -0.379 e. The number of hydrogen-bond acceptors (Lipinski definition) is 2. The van der Waals surface area contributed by atoms with Gasteiger partial charge >= 0.3 is 0 Å². The monoisotopic (exact) mass is 145 g/mol. The van der Waals surface area contributed by atoms with E-state index in [0.717, 1.165) is 19.4 Å². The number of ether oxygens (including phenoxy) is 1. The smallest absolute Gasteiger partial charge is 0.154 e. The summed E-state index contributed by atoms with van der Waals surface area (Å²) in [4.78, 5) is -0.724. The van der Waals surface area contributed by atoms with Crippen molar-refractivity contribution in [2.45, 2.75) is 17.7 Å². The highest BCUT2D eigenvalue weighted by atomic mass is 35.5. The van der Waals surface area contributed by atoms with E-state index < -0.39 is 4.87 Å². The number of halogens is 1. The summed E-state index contributed by atoms with van der Waals surface area (Å²) in [6, 6.07) is 2.02. The van der Waals surface area contributed by atoms with Crippen LogP contribution in [0.15, 0.2) is 0 Å². The molecule has 0 aliphatic carbocycles. The third-order valence-corrected chi connectivity index (χ3v) is 1.78. The van der Waals surface area contributed by atoms with Crippen LogP contribution in [-0.4, -0.2) is 18.1 Å². The number of alkyl halides is 1. The van der Waals surface area contributed by atoms with Gasteiger partial charge in [0.15, 0.2) is 4.87 Å². The van der Waals surface area contributed by atoms with E-state index in [1.54, 1.807) is 0 Å². The molecule has 50 valence electrons. The second kappa shape index (κ2) is 2.55. The zero-order valence-electron chi connectivity index (χ0n) is 5.06. The van der Waals surface area contributed by atoms with Crippen molar-refractivity contribution in [1.82, 2.24) is 0 Å². The van der Waals surface area contributed by atoms with Crippen molar-refractivity contribution >= 4 is 11.6 Å². The first-order chi connectivity index (χ1) is 4.27. The van der Waals surface area contributed by atoms with Crippen molar-refractivity contribution < 1.29 is 4.74 Å². The van der Waals surface area contributed by atoms with E-state index in [9.17, 15) is 0 Å². The molecule has 1 heterocycles. The number of nitriles is 1. The molecule has 1 aliphatic rings. The summed E-state index contributed by atoms with van der Waals surface area (Å²) in [5.41, 5.74) is 0. The number of nitrogens with zero attached hydrogens (tertiary/aromatic N) is 1. The van der Waals surface area contributed by atoms with Gasteiger partial charge in [-0.25, -0.2) is 0 Å². The lowest BCUT2D eigenvalue weighted by atomic mass is 10.0. The van der Waals surface area contributed by atoms with Crippen LogP contribution in [0.2, 0.25) is 0 Å². The molecule has 0 bridgehead atoms. The summed E-state index contributed by atoms with van der Waals surface area (Å²) < 4.78 is 5.02. The number of hydrogen-bond donors (Lipinski definition) is 0. The fourth-order valence-corrected chi connectivity index (χ4v) is 1.06. The van der Waals surface area contributed by atoms with Gasteiger partial charge in [-0.05, 0) is 12.8 Å². The molecule has 0 N–H and O–H groups in total. The zero-order chi connectivity index (χ0) is 6.74. The van der Waals surface area contributed by atoms with Gasteiger partial charge in [-0.1, -0.05) is 0 Å². The maximum absolute atomic E-state index is 8.49. The number of rotatable bonds is 0. The summed E-state index contributed by atoms with van der Waals surface area (Å²) in [7, 11) is 0. The highest BCUT2D eigenvalue weighted by Gasteiger charge is 2.29. The molecular formula is C6H8ClNO. The molecule has 0 aromatic heterocycles. The maximum atomic E-state index is 8.49. The van der Waals surface area contributed by atoms with E-state index in [-0.39, 0.29) is 0 Å². The molecule has 0 spiro atoms. The van der Waals surface area contributed by atoms with Gasteiger partial charge in [-0.3, -0.25) is 0 Å². The standard InChI is InChI=1S/C6H8ClNO/c7-6(4-8)2-1-3-9-5-6/h1-3,5H2. The van der Waals surface area contributed by atoms with Gasteiger partial charge < -0.3 is 4.74 Å². The van der Waals surface area contributed by atoms with E-state index in [2.05, 4.69) is 0 Å². The van der Waals surface area contributed by atoms with Crippen LogP contribution in [0.4, 0.5) is 0 Å². The molecule has 3 heteroatoms. The summed E-state index contributed by atoms with van der Waals surface area (Å²) >= 11 is 5.77. The van der Waals surface area contributed by atoms with Gasteiger partial charge in [0.1, 0.15) is 0 Å². The topological polar surface area (TPSA) is 33.0 Å². The van der Waals surface area contributed by atoms with E-state index >= 15 is 0 Å². The minimum atomic E-state index is -0.724. The van der Waals surface area contributed by atoms with E-state index in [0.29, 0.717) is 6.61 Å². The van der Waals surface area contributed by atoms with Crippen LogP contribution in [0.1, 0.15) is 12.8 Å². The average molecular weight is 146 g/mol. The summed E-state index contributed by atoms with van der Waals surface area (Å²) in [6.07, 6.45) is 1.65. The van der Waals surface area contributed by atoms with Crippen molar-refractivity contribution in [2.24, 2.45) is 0 Å². The molecule has 0 aromatic rings. The SMILES string of the molecule is N#CC1(Cl)CCCOC1. The molecule has 2 nitrogen and oxygen atoms in total. The van der Waals surface area contributed by atoms with Crippen LogP contribution in [0.3, 0.4) is 0 Å². The first-order valence-corrected chi connectivity index (χ1v) is 3.33. The molecule has 1 atom stereocenters. The molecular weight excluding hydrogens is 138 g/mol. The van der Waals surface area contributed by atoms with Crippen LogP contribution in [-0.2, 0) is 4.74 Å². The van der Waals surface area contributed by atoms with Crippen LogP contribution in [0, 0.1) is 11.3 Å². The Labute approximate surface area is 59.4 Å². The van der Waals surface area contributed by atoms with Gasteiger partial charge in [0.25, 0.3) is 0 Å². The highest BCUT2D eigenvalue weighted by molar-refractivity contribution is 6.26. The maximum Gasteiger partial charge on any atom is 0.154 e. The molecule has 1 unspecified atom stereocenters. The molecule has 1 aliphatic heterocycles. The molecule has 9 heavy (non-hydrogen) atoms. The first kappa shape index (κ1) is 6.85. The van der Waals surface area contributed by atoms with E-state index in [4.69, 9.17) is 21.6 Å². The predicted molar refractivity (Wildman–Crippen MR) is 34.2 cm³/mol. The third kappa shape index (κ3) is 1.57. The van der Waals surface area contributed by atoms with Gasteiger partial charge in [0.05, 0.1) is 12.7 Å².